The van der Waals surface area contributed by atoms with Crippen LogP contribution in [0.5, 0.6) is 11.6 Å². The predicted molar refractivity (Wildman–Crippen MR) is 223 cm³/mol. The molecule has 1 aliphatic carbocycles. The van der Waals surface area contributed by atoms with Gasteiger partial charge >= 0.3 is 16.3 Å². The molecule has 0 spiro atoms. The second kappa shape index (κ2) is 19.5. The Hall–Kier alpha value is -4.52. The van der Waals surface area contributed by atoms with Gasteiger partial charge in [-0.05, 0) is 55.6 Å². The van der Waals surface area contributed by atoms with E-state index in [1.54, 1.807) is 0 Å². The van der Waals surface area contributed by atoms with Crippen molar-refractivity contribution in [1.29, 1.82) is 0 Å². The molecule has 2 bridgehead atoms. The maximum absolute atomic E-state index is 14.7. The van der Waals surface area contributed by atoms with Crippen molar-refractivity contribution < 1.29 is 46.5 Å². The van der Waals surface area contributed by atoms with Crippen LogP contribution in [0.1, 0.15) is 71.3 Å². The van der Waals surface area contributed by atoms with Crippen molar-refractivity contribution in [3.8, 4) is 11.6 Å². The van der Waals surface area contributed by atoms with E-state index in [0.29, 0.717) is 49.9 Å². The summed E-state index contributed by atoms with van der Waals surface area (Å²) in [5.41, 5.74) is 0.660. The van der Waals surface area contributed by atoms with E-state index < -0.39 is 63.7 Å². The maximum atomic E-state index is 14.7. The Labute approximate surface area is 353 Å². The molecule has 1 unspecified atom stereocenters. The number of hydrogen-bond acceptors (Lipinski definition) is 12. The zero-order chi connectivity index (χ0) is 43.2. The van der Waals surface area contributed by atoms with Gasteiger partial charge in [0.05, 0.1) is 30.8 Å². The van der Waals surface area contributed by atoms with Crippen LogP contribution in [0, 0.1) is 11.3 Å². The van der Waals surface area contributed by atoms with Crippen LogP contribution in [0.15, 0.2) is 36.9 Å². The Bertz CT molecular complexity index is 2000. The first kappa shape index (κ1) is 45.0. The lowest BCUT2D eigenvalue weighted by atomic mass is 9.85. The number of rotatable bonds is 11. The summed E-state index contributed by atoms with van der Waals surface area (Å²) in [5, 5.41) is 6.32. The average molecular weight is 856 g/mol. The number of pyridine rings is 1. The Morgan fingerprint density at radius 3 is 2.57 bits per heavy atom. The molecule has 3 fully saturated rings. The lowest BCUT2D eigenvalue weighted by Gasteiger charge is -2.35. The van der Waals surface area contributed by atoms with Crippen LogP contribution < -0.4 is 24.8 Å². The molecule has 6 atom stereocenters. The van der Waals surface area contributed by atoms with E-state index in [-0.39, 0.29) is 31.4 Å². The third-order valence-corrected chi connectivity index (χ3v) is 12.9. The molecule has 17 nitrogen and oxygen atoms in total. The van der Waals surface area contributed by atoms with Gasteiger partial charge in [-0.25, -0.2) is 14.5 Å². The molecule has 6 rings (SSSR count). The van der Waals surface area contributed by atoms with Gasteiger partial charge in [-0.15, -0.1) is 6.58 Å². The van der Waals surface area contributed by atoms with Crippen LogP contribution in [0.4, 0.5) is 4.79 Å². The van der Waals surface area contributed by atoms with E-state index in [4.69, 9.17) is 23.9 Å². The van der Waals surface area contributed by atoms with E-state index in [9.17, 15) is 27.6 Å². The van der Waals surface area contributed by atoms with Crippen LogP contribution in [-0.4, -0.2) is 142 Å². The standard InChI is InChI=1S/C42H61N7O10S/c1-7-13-32(37(50)46-60(54,55)47(5)6)43-38(51)33-25-28-26-49(33)40(52)36(42(2,3)4)45-41(53)59-34-24-27(34)14-9-8-10-16-30-35(57-23-20-48-18-21-56-22-19-48)29-15-11-12-17-31(29)44-39(30)58-28/h7,11-12,15,17,27-28,32-34,36H,1,8-10,13-14,16,18-26H2,2-6H3,(H,43,51)(H,45,53)(H,46,50)/t27-,28-,32?,33+,34-,36-/m1/s1. The zero-order valence-electron chi connectivity index (χ0n) is 35.4. The van der Waals surface area contributed by atoms with Crippen LogP contribution in [0.3, 0.4) is 0 Å². The molecule has 18 heteroatoms. The lowest BCUT2D eigenvalue weighted by molar-refractivity contribution is -0.142. The fourth-order valence-corrected chi connectivity index (χ4v) is 8.51. The minimum Gasteiger partial charge on any atom is -0.491 e. The van der Waals surface area contributed by atoms with Crippen molar-refractivity contribution in [3.05, 3.63) is 42.5 Å². The van der Waals surface area contributed by atoms with Gasteiger partial charge in [-0.3, -0.25) is 19.3 Å². The number of amides is 4. The zero-order valence-corrected chi connectivity index (χ0v) is 36.3. The van der Waals surface area contributed by atoms with E-state index in [1.807, 2.05) is 49.8 Å². The van der Waals surface area contributed by atoms with Crippen molar-refractivity contribution >= 4 is 44.9 Å². The first-order valence-corrected chi connectivity index (χ1v) is 22.4. The molecule has 1 saturated carbocycles. The third-order valence-electron chi connectivity index (χ3n) is 11.5. The van der Waals surface area contributed by atoms with Gasteiger partial charge in [0, 0.05) is 45.5 Å². The molecule has 330 valence electrons. The summed E-state index contributed by atoms with van der Waals surface area (Å²) in [6, 6.07) is 4.11. The fourth-order valence-electron chi connectivity index (χ4n) is 7.93. The SMILES string of the molecule is C=CCC(NC(=O)[C@@H]1C[C@@H]2CN1C(=O)[C@H](C(C)(C)C)NC(=O)O[C@@H]1C[C@H]1CCCCCc1c(nc3ccccc3c1OCCN1CCOCC1)O2)C(=O)NS(=O)(=O)N(C)C. The number of morpholine rings is 1. The van der Waals surface area contributed by atoms with Crippen LogP contribution in [-0.2, 0) is 40.5 Å². The summed E-state index contributed by atoms with van der Waals surface area (Å²) in [7, 11) is -1.65. The molecule has 2 saturated heterocycles. The van der Waals surface area contributed by atoms with Crippen molar-refractivity contribution in [2.45, 2.75) is 102 Å². The topological polar surface area (TPSA) is 198 Å². The highest BCUT2D eigenvalue weighted by Gasteiger charge is 2.48. The molecule has 4 heterocycles. The number of carbonyl (C=O) groups is 4. The number of fused-ring (bicyclic) bond motifs is 5. The Morgan fingerprint density at radius 2 is 1.85 bits per heavy atom. The predicted octanol–water partition coefficient (Wildman–Crippen LogP) is 2.92. The highest BCUT2D eigenvalue weighted by molar-refractivity contribution is 7.87. The smallest absolute Gasteiger partial charge is 0.408 e. The maximum Gasteiger partial charge on any atom is 0.408 e. The van der Waals surface area contributed by atoms with E-state index >= 15 is 0 Å². The van der Waals surface area contributed by atoms with Crippen LogP contribution in [0.25, 0.3) is 10.9 Å². The number of nitrogens with one attached hydrogen (secondary N) is 3. The second-order valence-corrected chi connectivity index (χ2v) is 19.2. The first-order valence-electron chi connectivity index (χ1n) is 21.0. The average Bonchev–Trinajstić information content (AvgIpc) is 3.79. The molecule has 3 N–H and O–H groups in total. The highest BCUT2D eigenvalue weighted by Crippen LogP contribution is 2.40. The monoisotopic (exact) mass is 855 g/mol. The second-order valence-electron chi connectivity index (χ2n) is 17.3. The molecule has 1 aromatic carbocycles. The van der Waals surface area contributed by atoms with E-state index in [2.05, 4.69) is 22.1 Å². The van der Waals surface area contributed by atoms with Gasteiger partial charge in [-0.2, -0.15) is 12.7 Å². The Morgan fingerprint density at radius 1 is 1.10 bits per heavy atom. The number of benzene rings is 1. The molecule has 2 aromatic rings. The van der Waals surface area contributed by atoms with Gasteiger partial charge in [-0.1, -0.05) is 51.8 Å². The molecule has 0 radical (unpaired) electrons. The number of aromatic nitrogens is 1. The van der Waals surface area contributed by atoms with Gasteiger partial charge in [0.25, 0.3) is 5.91 Å². The van der Waals surface area contributed by atoms with Gasteiger partial charge < -0.3 is 34.5 Å². The Balaban J connectivity index is 1.35. The molecule has 3 aliphatic heterocycles. The summed E-state index contributed by atoms with van der Waals surface area (Å²) in [4.78, 5) is 64.3. The number of nitrogens with zero attached hydrogens (tertiary/aromatic N) is 4. The van der Waals surface area contributed by atoms with E-state index in [0.717, 1.165) is 60.4 Å². The number of alkyl carbamates (subject to hydrolysis) is 1. The van der Waals surface area contributed by atoms with Crippen molar-refractivity contribution in [1.82, 2.24) is 34.4 Å². The quantitative estimate of drug-likeness (QED) is 0.280. The van der Waals surface area contributed by atoms with E-state index in [1.165, 1.54) is 25.1 Å². The summed E-state index contributed by atoms with van der Waals surface area (Å²) in [5.74, 6) is -0.948. The molecule has 1 aromatic heterocycles. The van der Waals surface area contributed by atoms with Gasteiger partial charge in [0.1, 0.15) is 42.7 Å². The minimum absolute atomic E-state index is 0.00221. The molecular weight excluding hydrogens is 795 g/mol. The molecular formula is C42H61N7O10S. The van der Waals surface area contributed by atoms with Gasteiger partial charge in [0.15, 0.2) is 0 Å². The molecule has 60 heavy (non-hydrogen) atoms. The Kier molecular flexibility index (Phi) is 14.6. The normalized spacial score (nSPS) is 25.0. The van der Waals surface area contributed by atoms with Crippen molar-refractivity contribution in [2.24, 2.45) is 11.3 Å². The summed E-state index contributed by atoms with van der Waals surface area (Å²) < 4.78 is 52.7. The third kappa shape index (κ3) is 11.2. The largest absolute Gasteiger partial charge is 0.491 e. The minimum atomic E-state index is -4.18. The first-order chi connectivity index (χ1) is 28.5. The lowest BCUT2D eigenvalue weighted by Crippen LogP contribution is -2.59. The fraction of sp³-hybridized carbons (Fsp3) is 0.643. The molecule has 4 amide bonds. The number of hydrogen-bond donors (Lipinski definition) is 3. The van der Waals surface area contributed by atoms with Crippen molar-refractivity contribution in [2.75, 3.05) is 60.1 Å². The summed E-state index contributed by atoms with van der Waals surface area (Å²) >= 11 is 0. The van der Waals surface area contributed by atoms with Crippen molar-refractivity contribution in [3.63, 3.8) is 0 Å². The highest BCUT2D eigenvalue weighted by atomic mass is 32.2. The summed E-state index contributed by atoms with van der Waals surface area (Å²) in [6.07, 6.45) is 4.53. The number of carbonyl (C=O) groups excluding carboxylic acids is 4. The van der Waals surface area contributed by atoms with Gasteiger partial charge in [0.2, 0.25) is 17.7 Å². The van der Waals surface area contributed by atoms with Crippen LogP contribution in [0.2, 0.25) is 0 Å². The molecule has 4 aliphatic rings. The number of para-hydroxylation sites is 1. The number of ether oxygens (including phenoxy) is 4. The summed E-state index contributed by atoms with van der Waals surface area (Å²) in [6.45, 7) is 13.2. The van der Waals surface area contributed by atoms with Crippen LogP contribution >= 0.6 is 0 Å².